The quantitative estimate of drug-likeness (QED) is 0.117. The monoisotopic (exact) mass is 909 g/mol. The molecule has 2 bridgehead atoms. The molecule has 0 aromatic carbocycles. The van der Waals surface area contributed by atoms with Crippen LogP contribution in [-0.2, 0) is 56.1 Å². The van der Waals surface area contributed by atoms with E-state index in [1.165, 1.54) is 36.9 Å². The number of carbonyl (C=O) groups excluding carboxylic acids is 1. The number of nitriles is 1. The normalized spacial score (nSPS) is 29.8. The molecule has 2 unspecified atom stereocenters. The zero-order chi connectivity index (χ0) is 44.1. The van der Waals surface area contributed by atoms with Crippen LogP contribution in [0, 0.1) is 17.2 Å². The van der Waals surface area contributed by atoms with Crippen molar-refractivity contribution in [1.82, 2.24) is 43.8 Å². The largest absolute Gasteiger partial charge is 0.475 e. The van der Waals surface area contributed by atoms with Crippen LogP contribution in [0.3, 0.4) is 0 Å². The van der Waals surface area contributed by atoms with E-state index in [1.807, 2.05) is 39.9 Å². The number of phosphoric acid groups is 1. The number of nitrogens with zero attached hydrogens (tertiary/aromatic N) is 8. The second-order valence-electron chi connectivity index (χ2n) is 16.4. The zero-order valence-corrected chi connectivity index (χ0v) is 37.3. The minimum atomic E-state index is -4.81. The predicted molar refractivity (Wildman–Crippen MR) is 214 cm³/mol. The number of amides is 1. The maximum Gasteiger partial charge on any atom is 0.475 e. The van der Waals surface area contributed by atoms with Crippen molar-refractivity contribution in [1.29, 1.82) is 5.26 Å². The summed E-state index contributed by atoms with van der Waals surface area (Å²) < 4.78 is 97.7. The Balaban J connectivity index is 1.30. The third-order valence-corrected chi connectivity index (χ3v) is 17.8. The van der Waals surface area contributed by atoms with Crippen molar-refractivity contribution in [3.8, 4) is 6.07 Å². The molecule has 3 aliphatic heterocycles. The summed E-state index contributed by atoms with van der Waals surface area (Å²) in [4.78, 5) is 49.5. The highest BCUT2D eigenvalue weighted by Crippen LogP contribution is 2.55. The third kappa shape index (κ3) is 9.19. The minimum Gasteiger partial charge on any atom is -0.406 e. The average Bonchev–Trinajstić information content (AvgIpc) is 3.96. The number of fused-ring (bicyclic) bond motifs is 5. The second-order valence-corrected chi connectivity index (χ2v) is 24.1. The van der Waals surface area contributed by atoms with Crippen molar-refractivity contribution in [2.75, 3.05) is 32.2 Å². The number of anilines is 1. The molecule has 0 spiro atoms. The first-order valence-corrected chi connectivity index (χ1v) is 25.1. The van der Waals surface area contributed by atoms with E-state index in [9.17, 15) is 27.8 Å². The van der Waals surface area contributed by atoms with Gasteiger partial charge in [-0.1, -0.05) is 34.6 Å². The highest BCUT2D eigenvalue weighted by Gasteiger charge is 2.56. The first kappa shape index (κ1) is 44.9. The van der Waals surface area contributed by atoms with Crippen LogP contribution in [-0.4, -0.2) is 125 Å². The van der Waals surface area contributed by atoms with Crippen molar-refractivity contribution in [2.24, 2.45) is 5.92 Å². The lowest BCUT2D eigenvalue weighted by atomic mass is 10.1. The van der Waals surface area contributed by atoms with Crippen LogP contribution in [0.1, 0.15) is 53.5 Å². The molecule has 3 N–H and O–H groups in total. The van der Waals surface area contributed by atoms with E-state index in [0.717, 1.165) is 0 Å². The van der Waals surface area contributed by atoms with Gasteiger partial charge in [0.1, 0.15) is 48.5 Å². The summed E-state index contributed by atoms with van der Waals surface area (Å²) in [7, 11) is -11.0. The Morgan fingerprint density at radius 3 is 2.52 bits per heavy atom. The van der Waals surface area contributed by atoms with Gasteiger partial charge >= 0.3 is 18.1 Å². The first-order chi connectivity index (χ1) is 28.7. The lowest BCUT2D eigenvalue weighted by Crippen LogP contribution is -2.51. The van der Waals surface area contributed by atoms with Gasteiger partial charge in [0.15, 0.2) is 37.6 Å². The molecule has 27 heteroatoms. The number of imidazole rings is 2. The Morgan fingerprint density at radius 1 is 1.10 bits per heavy atom. The Morgan fingerprint density at radius 2 is 1.82 bits per heavy atom. The van der Waals surface area contributed by atoms with Gasteiger partial charge in [-0.2, -0.15) is 23.4 Å². The Hall–Kier alpha value is -4.10. The molecule has 3 aliphatic rings. The fourth-order valence-electron chi connectivity index (χ4n) is 6.70. The number of methoxy groups -OCH3 is 1. The molecule has 4 aromatic heterocycles. The van der Waals surface area contributed by atoms with E-state index in [4.69, 9.17) is 36.4 Å². The summed E-state index contributed by atoms with van der Waals surface area (Å²) in [5.74, 6) is -1.07. The van der Waals surface area contributed by atoms with E-state index in [1.54, 1.807) is 18.4 Å². The molecule has 1 amide bonds. The molecule has 9 atom stereocenters. The molecule has 4 aromatic rings. The average molecular weight is 910 g/mol. The molecular weight excluding hydrogens is 862 g/mol. The lowest BCUT2D eigenvalue weighted by molar-refractivity contribution is -0.118. The van der Waals surface area contributed by atoms with Crippen LogP contribution in [0.5, 0.6) is 0 Å². The number of carbonyl (C=O) groups is 1. The number of ether oxygens (including phenoxy) is 3. The number of aromatic amines is 1. The smallest absolute Gasteiger partial charge is 0.406 e. The van der Waals surface area contributed by atoms with Crippen LogP contribution >= 0.6 is 7.82 Å². The van der Waals surface area contributed by atoms with E-state index < -0.39 is 113 Å². The Kier molecular flexibility index (Phi) is 12.7. The maximum absolute atomic E-state index is 14.9. The number of phosphoric ester groups is 1. The Labute approximate surface area is 350 Å². The number of H-pyrrole nitrogens is 1. The fourth-order valence-corrected chi connectivity index (χ4v) is 10.3. The standard InChI is InChI=1S/C34H48N11O13PSSi/c1-18(2)29(46)42-33-41-28-22(30(47)43-33)39-17-45(28)31-25-23(51-6)20(54-31)13-40-60(49,50)57-24-21(14-53-59(48,56-25)52-11-9-10-35)55-32(26(24)58-61(7,8)34(3,4)5)44-16-38-19-12-36-15-37-27(19)44/h12,15-18,20-21,23-26,31-32,40H,9,11,13-14H2,1-8H3,(H2,41,42,43,46,47)/t20-,21-,23-,24-,25-,26?,31-,32-,59?/m1/s1. The van der Waals surface area contributed by atoms with Gasteiger partial charge < -0.3 is 18.6 Å². The molecule has 7 rings (SSSR count). The highest BCUT2D eigenvalue weighted by molar-refractivity contribution is 7.84. The maximum atomic E-state index is 14.9. The van der Waals surface area contributed by atoms with Gasteiger partial charge in [0.2, 0.25) is 11.9 Å². The summed E-state index contributed by atoms with van der Waals surface area (Å²) >= 11 is 0. The zero-order valence-electron chi connectivity index (χ0n) is 34.6. The highest BCUT2D eigenvalue weighted by atomic mass is 32.2. The van der Waals surface area contributed by atoms with E-state index in [-0.39, 0.29) is 28.6 Å². The van der Waals surface area contributed by atoms with Gasteiger partial charge in [-0.3, -0.25) is 42.6 Å². The SMILES string of the molecule is CO[C@H]1[C@H]2OP(=O)(OCCC#N)OC[C@H]3O[C@@H](n4cnc5cncnc54)C(O[Si](C)(C)C(C)(C)C)[C@@H]3OS(=O)(=O)NC[C@H]1O[C@H]2n1cnc2c(=O)[nH]c(NC(=O)C(C)C)nc21. The summed E-state index contributed by atoms with van der Waals surface area (Å²) in [5.41, 5.74) is -0.149. The summed E-state index contributed by atoms with van der Waals surface area (Å²) in [5, 5.41) is 11.5. The summed E-state index contributed by atoms with van der Waals surface area (Å²) in [6, 6.07) is 1.92. The van der Waals surface area contributed by atoms with Crippen molar-refractivity contribution < 1.29 is 54.2 Å². The van der Waals surface area contributed by atoms with Gasteiger partial charge in [-0.15, -0.1) is 0 Å². The van der Waals surface area contributed by atoms with Crippen LogP contribution < -0.4 is 15.6 Å². The van der Waals surface area contributed by atoms with Gasteiger partial charge in [-0.25, -0.2) is 28.7 Å². The summed E-state index contributed by atoms with van der Waals surface area (Å²) in [6.07, 6.45) is -4.90. The number of hydrogen-bond acceptors (Lipinski definition) is 19. The lowest BCUT2D eigenvalue weighted by Gasteiger charge is -2.40. The van der Waals surface area contributed by atoms with Crippen molar-refractivity contribution >= 4 is 60.6 Å². The van der Waals surface area contributed by atoms with Crippen LogP contribution in [0.15, 0.2) is 30.0 Å². The number of aromatic nitrogens is 8. The topological polar surface area (TPSA) is 297 Å². The molecule has 332 valence electrons. The molecule has 7 heterocycles. The molecule has 3 saturated heterocycles. The molecule has 61 heavy (non-hydrogen) atoms. The van der Waals surface area contributed by atoms with E-state index in [0.29, 0.717) is 11.2 Å². The number of nitrogens with one attached hydrogen (secondary N) is 3. The molecule has 0 saturated carbocycles. The molecule has 0 radical (unpaired) electrons. The Bertz CT molecular complexity index is 2520. The van der Waals surface area contributed by atoms with Gasteiger partial charge in [0.05, 0.1) is 44.6 Å². The predicted octanol–water partition coefficient (Wildman–Crippen LogP) is 2.43. The number of hydrogen-bond donors (Lipinski definition) is 3. The van der Waals surface area contributed by atoms with Gasteiger partial charge in [0, 0.05) is 19.6 Å². The van der Waals surface area contributed by atoms with Crippen LogP contribution in [0.25, 0.3) is 22.3 Å². The number of rotatable bonds is 10. The van der Waals surface area contributed by atoms with Crippen molar-refractivity contribution in [2.45, 2.75) is 108 Å². The van der Waals surface area contributed by atoms with Gasteiger partial charge in [0.25, 0.3) is 5.56 Å². The third-order valence-electron chi connectivity index (χ3n) is 10.9. The molecular formula is C34H48N11O13PSSi. The van der Waals surface area contributed by atoms with Crippen LogP contribution in [0.4, 0.5) is 5.95 Å². The second kappa shape index (κ2) is 17.2. The molecule has 3 fully saturated rings. The van der Waals surface area contributed by atoms with E-state index in [2.05, 4.69) is 39.9 Å². The molecule has 0 aliphatic carbocycles. The van der Waals surface area contributed by atoms with Crippen molar-refractivity contribution in [3.63, 3.8) is 0 Å². The van der Waals surface area contributed by atoms with Crippen LogP contribution in [0.2, 0.25) is 18.1 Å². The first-order valence-electron chi connectivity index (χ1n) is 19.3. The van der Waals surface area contributed by atoms with E-state index >= 15 is 0 Å². The van der Waals surface area contributed by atoms with Crippen molar-refractivity contribution in [3.05, 3.63) is 35.5 Å². The van der Waals surface area contributed by atoms with Gasteiger partial charge in [-0.05, 0) is 18.1 Å². The summed E-state index contributed by atoms with van der Waals surface area (Å²) in [6.45, 7) is 11.8. The molecule has 24 nitrogen and oxygen atoms in total. The minimum absolute atomic E-state index is 0.0820. The fraction of sp³-hybridized carbons (Fsp3) is 0.647.